The van der Waals surface area contributed by atoms with Gasteiger partial charge in [-0.1, -0.05) is 25.1 Å². The molecule has 0 aliphatic carbocycles. The number of nitrogens with one attached hydrogen (secondary N) is 1. The highest BCUT2D eigenvalue weighted by Gasteiger charge is 2.21. The first-order valence-corrected chi connectivity index (χ1v) is 10.9. The summed E-state index contributed by atoms with van der Waals surface area (Å²) in [5.74, 6) is -0.269. The summed E-state index contributed by atoms with van der Waals surface area (Å²) in [5, 5.41) is 7.89. The van der Waals surface area contributed by atoms with Crippen molar-refractivity contribution in [2.75, 3.05) is 16.8 Å². The van der Waals surface area contributed by atoms with Gasteiger partial charge in [0.25, 0.3) is 0 Å². The number of rotatable bonds is 6. The number of sulfonamides is 1. The van der Waals surface area contributed by atoms with Gasteiger partial charge in [-0.3, -0.25) is 9.59 Å². The summed E-state index contributed by atoms with van der Waals surface area (Å²) >= 11 is 0. The van der Waals surface area contributed by atoms with Gasteiger partial charge in [0, 0.05) is 30.4 Å². The summed E-state index contributed by atoms with van der Waals surface area (Å²) in [6.45, 7) is 2.56. The number of hydrogen-bond donors (Lipinski definition) is 2. The van der Waals surface area contributed by atoms with E-state index < -0.39 is 15.9 Å². The standard InChI is InChI=1S/C21H23N3O4S/c1-2-16-8-9-17(14-19(16)29(22,27)28)23-20(25)12-7-15-5-10-18(11-6-15)24-13-3-4-21(24)26/h5-12,14H,2-4,13H2,1H3,(H,23,25)(H2,22,27,28)/b12-7+. The fourth-order valence-electron chi connectivity index (χ4n) is 3.23. The SMILES string of the molecule is CCc1ccc(NC(=O)/C=C/c2ccc(N3CCCC3=O)cc2)cc1S(N)(=O)=O. The Bertz CT molecular complexity index is 1060. The number of anilines is 2. The van der Waals surface area contributed by atoms with Crippen LogP contribution >= 0.6 is 0 Å². The third-order valence-corrected chi connectivity index (χ3v) is 5.72. The van der Waals surface area contributed by atoms with E-state index in [0.29, 0.717) is 24.1 Å². The van der Waals surface area contributed by atoms with Gasteiger partial charge in [0.15, 0.2) is 0 Å². The molecule has 0 aromatic heterocycles. The summed E-state index contributed by atoms with van der Waals surface area (Å²) in [6, 6.07) is 12.0. The van der Waals surface area contributed by atoms with Crippen LogP contribution in [-0.4, -0.2) is 26.8 Å². The number of benzene rings is 2. The average molecular weight is 413 g/mol. The predicted octanol–water partition coefficient (Wildman–Crippen LogP) is 2.68. The van der Waals surface area contributed by atoms with Crippen molar-refractivity contribution in [3.05, 3.63) is 59.7 Å². The van der Waals surface area contributed by atoms with Gasteiger partial charge in [-0.05, 0) is 54.3 Å². The highest BCUT2D eigenvalue weighted by atomic mass is 32.2. The maximum atomic E-state index is 12.2. The van der Waals surface area contributed by atoms with Gasteiger partial charge in [0.05, 0.1) is 4.90 Å². The molecule has 2 aromatic carbocycles. The number of primary sulfonamides is 1. The van der Waals surface area contributed by atoms with Gasteiger partial charge in [-0.25, -0.2) is 13.6 Å². The molecule has 152 valence electrons. The lowest BCUT2D eigenvalue weighted by Gasteiger charge is -2.15. The molecule has 29 heavy (non-hydrogen) atoms. The van der Waals surface area contributed by atoms with Crippen LogP contribution in [0, 0.1) is 0 Å². The monoisotopic (exact) mass is 413 g/mol. The minimum Gasteiger partial charge on any atom is -0.322 e. The minimum atomic E-state index is -3.87. The van der Waals surface area contributed by atoms with E-state index in [1.807, 2.05) is 31.2 Å². The molecule has 8 heteroatoms. The summed E-state index contributed by atoms with van der Waals surface area (Å²) in [6.07, 6.45) is 4.96. The molecular weight excluding hydrogens is 390 g/mol. The van der Waals surface area contributed by atoms with Crippen molar-refractivity contribution in [3.63, 3.8) is 0 Å². The van der Waals surface area contributed by atoms with Gasteiger partial charge in [-0.2, -0.15) is 0 Å². The van der Waals surface area contributed by atoms with E-state index >= 15 is 0 Å². The average Bonchev–Trinajstić information content (AvgIpc) is 3.12. The molecule has 2 amide bonds. The Balaban J connectivity index is 1.68. The van der Waals surface area contributed by atoms with E-state index in [1.165, 1.54) is 12.1 Å². The van der Waals surface area contributed by atoms with E-state index in [9.17, 15) is 18.0 Å². The first-order valence-electron chi connectivity index (χ1n) is 9.33. The number of nitrogens with zero attached hydrogens (tertiary/aromatic N) is 1. The molecule has 1 aliphatic rings. The molecule has 1 heterocycles. The lowest BCUT2D eigenvalue weighted by molar-refractivity contribution is -0.117. The largest absolute Gasteiger partial charge is 0.322 e. The van der Waals surface area contributed by atoms with Crippen molar-refractivity contribution in [2.45, 2.75) is 31.1 Å². The maximum absolute atomic E-state index is 12.2. The van der Waals surface area contributed by atoms with Crippen LogP contribution in [0.3, 0.4) is 0 Å². The Morgan fingerprint density at radius 2 is 1.93 bits per heavy atom. The molecule has 0 unspecified atom stereocenters. The Morgan fingerprint density at radius 1 is 1.21 bits per heavy atom. The van der Waals surface area contributed by atoms with E-state index in [1.54, 1.807) is 23.1 Å². The zero-order chi connectivity index (χ0) is 21.0. The molecule has 0 saturated carbocycles. The summed E-state index contributed by atoms with van der Waals surface area (Å²) in [4.78, 5) is 25.7. The molecule has 2 aromatic rings. The van der Waals surface area contributed by atoms with Crippen molar-refractivity contribution in [1.82, 2.24) is 0 Å². The molecule has 1 aliphatic heterocycles. The number of amides is 2. The van der Waals surface area contributed by atoms with Gasteiger partial charge in [0.1, 0.15) is 0 Å². The summed E-state index contributed by atoms with van der Waals surface area (Å²) in [7, 11) is -3.87. The van der Waals surface area contributed by atoms with Crippen LogP contribution in [0.5, 0.6) is 0 Å². The molecule has 1 saturated heterocycles. The zero-order valence-electron chi connectivity index (χ0n) is 16.1. The summed E-state index contributed by atoms with van der Waals surface area (Å²) < 4.78 is 23.5. The van der Waals surface area contributed by atoms with Crippen LogP contribution < -0.4 is 15.4 Å². The normalized spacial score (nSPS) is 14.6. The molecule has 0 radical (unpaired) electrons. The number of nitrogens with two attached hydrogens (primary N) is 1. The third kappa shape index (κ3) is 5.10. The molecule has 1 fully saturated rings. The smallest absolute Gasteiger partial charge is 0.248 e. The number of carbonyl (C=O) groups excluding carboxylic acids is 2. The fraction of sp³-hybridized carbons (Fsp3) is 0.238. The Hall–Kier alpha value is -2.97. The highest BCUT2D eigenvalue weighted by Crippen LogP contribution is 2.22. The van der Waals surface area contributed by atoms with Crippen molar-refractivity contribution in [3.8, 4) is 0 Å². The molecule has 0 spiro atoms. The van der Waals surface area contributed by atoms with Gasteiger partial charge < -0.3 is 10.2 Å². The van der Waals surface area contributed by atoms with Crippen molar-refractivity contribution >= 4 is 39.3 Å². The second-order valence-corrected chi connectivity index (χ2v) is 8.31. The lowest BCUT2D eigenvalue weighted by Crippen LogP contribution is -2.23. The van der Waals surface area contributed by atoms with Gasteiger partial charge >= 0.3 is 0 Å². The number of aryl methyl sites for hydroxylation is 1. The summed E-state index contributed by atoms with van der Waals surface area (Å²) in [5.41, 5.74) is 2.60. The van der Waals surface area contributed by atoms with Gasteiger partial charge in [0.2, 0.25) is 21.8 Å². The van der Waals surface area contributed by atoms with Crippen LogP contribution in [-0.2, 0) is 26.0 Å². The van der Waals surface area contributed by atoms with Crippen molar-refractivity contribution in [1.29, 1.82) is 0 Å². The first kappa shape index (κ1) is 20.8. The van der Waals surface area contributed by atoms with Crippen LogP contribution in [0.15, 0.2) is 53.4 Å². The Labute approximate surface area is 170 Å². The Kier molecular flexibility index (Phi) is 6.14. The predicted molar refractivity (Wildman–Crippen MR) is 113 cm³/mol. The fourth-order valence-corrected chi connectivity index (χ4v) is 4.10. The zero-order valence-corrected chi connectivity index (χ0v) is 16.9. The molecule has 7 nitrogen and oxygen atoms in total. The van der Waals surface area contributed by atoms with Gasteiger partial charge in [-0.15, -0.1) is 0 Å². The van der Waals surface area contributed by atoms with E-state index in [4.69, 9.17) is 5.14 Å². The number of carbonyl (C=O) groups is 2. The molecular formula is C21H23N3O4S. The minimum absolute atomic E-state index is 0.00817. The van der Waals surface area contributed by atoms with Crippen molar-refractivity contribution < 1.29 is 18.0 Å². The quantitative estimate of drug-likeness (QED) is 0.710. The topological polar surface area (TPSA) is 110 Å². The molecule has 0 atom stereocenters. The third-order valence-electron chi connectivity index (χ3n) is 4.73. The van der Waals surface area contributed by atoms with E-state index in [-0.39, 0.29) is 10.8 Å². The maximum Gasteiger partial charge on any atom is 0.248 e. The Morgan fingerprint density at radius 3 is 2.52 bits per heavy atom. The second-order valence-electron chi connectivity index (χ2n) is 6.78. The highest BCUT2D eigenvalue weighted by molar-refractivity contribution is 7.89. The lowest BCUT2D eigenvalue weighted by atomic mass is 10.1. The molecule has 0 bridgehead atoms. The first-order chi connectivity index (χ1) is 13.8. The second kappa shape index (κ2) is 8.59. The van der Waals surface area contributed by atoms with Crippen LogP contribution in [0.2, 0.25) is 0 Å². The van der Waals surface area contributed by atoms with Crippen LogP contribution in [0.25, 0.3) is 6.08 Å². The molecule has 3 N–H and O–H groups in total. The number of hydrogen-bond acceptors (Lipinski definition) is 4. The van der Waals surface area contributed by atoms with Crippen LogP contribution in [0.1, 0.15) is 30.9 Å². The van der Waals surface area contributed by atoms with Crippen LogP contribution in [0.4, 0.5) is 11.4 Å². The van der Waals surface area contributed by atoms with Crippen molar-refractivity contribution in [2.24, 2.45) is 5.14 Å². The van der Waals surface area contributed by atoms with E-state index in [0.717, 1.165) is 24.2 Å². The van der Waals surface area contributed by atoms with E-state index in [2.05, 4.69) is 5.32 Å². The molecule has 3 rings (SSSR count).